The molecule has 0 aromatic heterocycles. The van der Waals surface area contributed by atoms with Gasteiger partial charge in [-0.05, 0) is 18.9 Å². The van der Waals surface area contributed by atoms with E-state index in [1.807, 2.05) is 30.3 Å². The van der Waals surface area contributed by atoms with Gasteiger partial charge in [0.15, 0.2) is 0 Å². The monoisotopic (exact) mass is 219 g/mol. The summed E-state index contributed by atoms with van der Waals surface area (Å²) in [6.45, 7) is 3.21. The average Bonchev–Trinajstić information content (AvgIpc) is 2.74. The van der Waals surface area contributed by atoms with Crippen LogP contribution in [0.4, 0.5) is 0 Å². The highest BCUT2D eigenvalue weighted by Crippen LogP contribution is 2.15. The molecular formula is C13H17NO2. The highest BCUT2D eigenvalue weighted by atomic mass is 16.5. The first-order valence-corrected chi connectivity index (χ1v) is 5.69. The minimum absolute atomic E-state index is 0.0266. The van der Waals surface area contributed by atoms with Crippen LogP contribution in [0.5, 0.6) is 0 Å². The van der Waals surface area contributed by atoms with E-state index in [0.717, 1.165) is 18.5 Å². The van der Waals surface area contributed by atoms with Gasteiger partial charge in [0, 0.05) is 12.6 Å². The molecule has 16 heavy (non-hydrogen) atoms. The van der Waals surface area contributed by atoms with Crippen molar-refractivity contribution in [1.29, 1.82) is 0 Å². The van der Waals surface area contributed by atoms with Crippen LogP contribution in [0.3, 0.4) is 0 Å². The summed E-state index contributed by atoms with van der Waals surface area (Å²) >= 11 is 0. The van der Waals surface area contributed by atoms with Gasteiger partial charge in [0.1, 0.15) is 6.61 Å². The summed E-state index contributed by atoms with van der Waals surface area (Å²) in [5.41, 5.74) is 1.04. The Bertz CT molecular complexity index is 350. The van der Waals surface area contributed by atoms with Crippen LogP contribution < -0.4 is 5.32 Å². The quantitative estimate of drug-likeness (QED) is 0.787. The van der Waals surface area contributed by atoms with Crippen molar-refractivity contribution in [3.8, 4) is 0 Å². The van der Waals surface area contributed by atoms with Crippen LogP contribution in [0.2, 0.25) is 0 Å². The van der Waals surface area contributed by atoms with Crippen molar-refractivity contribution in [3.63, 3.8) is 0 Å². The molecule has 1 aromatic carbocycles. The van der Waals surface area contributed by atoms with Crippen molar-refractivity contribution in [2.75, 3.05) is 6.54 Å². The van der Waals surface area contributed by atoms with E-state index in [-0.39, 0.29) is 11.9 Å². The molecule has 2 atom stereocenters. The standard InChI is InChI=1S/C13H17NO2/c1-10-7-12(8-14-10)13(15)16-9-11-5-3-2-4-6-11/h2-6,10,12,14H,7-9H2,1H3/t10-,12-/m0/s1. The minimum atomic E-state index is -0.0827. The van der Waals surface area contributed by atoms with Gasteiger partial charge in [-0.3, -0.25) is 4.79 Å². The van der Waals surface area contributed by atoms with E-state index >= 15 is 0 Å². The van der Waals surface area contributed by atoms with Crippen LogP contribution in [0.15, 0.2) is 30.3 Å². The van der Waals surface area contributed by atoms with E-state index in [1.165, 1.54) is 0 Å². The summed E-state index contributed by atoms with van der Waals surface area (Å²) < 4.78 is 5.28. The molecule has 0 aliphatic carbocycles. The second-order valence-corrected chi connectivity index (χ2v) is 4.34. The summed E-state index contributed by atoms with van der Waals surface area (Å²) in [7, 11) is 0. The van der Waals surface area contributed by atoms with E-state index in [1.54, 1.807) is 0 Å². The molecule has 0 unspecified atom stereocenters. The Kier molecular flexibility index (Phi) is 3.57. The van der Waals surface area contributed by atoms with Gasteiger partial charge >= 0.3 is 5.97 Å². The molecule has 86 valence electrons. The molecule has 0 spiro atoms. The van der Waals surface area contributed by atoms with Crippen LogP contribution in [-0.4, -0.2) is 18.6 Å². The Morgan fingerprint density at radius 3 is 2.81 bits per heavy atom. The summed E-state index contributed by atoms with van der Waals surface area (Å²) in [6.07, 6.45) is 0.883. The maximum absolute atomic E-state index is 11.7. The molecular weight excluding hydrogens is 202 g/mol. The van der Waals surface area contributed by atoms with Crippen molar-refractivity contribution < 1.29 is 9.53 Å². The van der Waals surface area contributed by atoms with Gasteiger partial charge in [0.2, 0.25) is 0 Å². The number of carbonyl (C=O) groups is 1. The van der Waals surface area contributed by atoms with Gasteiger partial charge in [-0.2, -0.15) is 0 Å². The predicted octanol–water partition coefficient (Wildman–Crippen LogP) is 1.73. The Morgan fingerprint density at radius 1 is 1.44 bits per heavy atom. The van der Waals surface area contributed by atoms with Crippen molar-refractivity contribution in [3.05, 3.63) is 35.9 Å². The van der Waals surface area contributed by atoms with Crippen LogP contribution in [-0.2, 0) is 16.1 Å². The number of ether oxygens (including phenoxy) is 1. The molecule has 3 heteroatoms. The minimum Gasteiger partial charge on any atom is -0.461 e. The number of rotatable bonds is 3. The van der Waals surface area contributed by atoms with Crippen molar-refractivity contribution in [2.24, 2.45) is 5.92 Å². The highest BCUT2D eigenvalue weighted by Gasteiger charge is 2.27. The van der Waals surface area contributed by atoms with E-state index < -0.39 is 0 Å². The molecule has 1 aliphatic rings. The second kappa shape index (κ2) is 5.12. The van der Waals surface area contributed by atoms with Crippen LogP contribution in [0, 0.1) is 5.92 Å². The maximum atomic E-state index is 11.7. The third kappa shape index (κ3) is 2.83. The molecule has 2 rings (SSSR count). The SMILES string of the molecule is C[C@H]1C[C@H](C(=O)OCc2ccccc2)CN1. The molecule has 1 aliphatic heterocycles. The molecule has 1 heterocycles. The Hall–Kier alpha value is -1.35. The molecule has 1 aromatic rings. The zero-order valence-electron chi connectivity index (χ0n) is 9.48. The molecule has 1 N–H and O–H groups in total. The molecule has 0 bridgehead atoms. The molecule has 0 radical (unpaired) electrons. The molecule has 3 nitrogen and oxygen atoms in total. The first kappa shape index (κ1) is 11.1. The smallest absolute Gasteiger partial charge is 0.310 e. The van der Waals surface area contributed by atoms with E-state index in [4.69, 9.17) is 4.74 Å². The Morgan fingerprint density at radius 2 is 2.19 bits per heavy atom. The van der Waals surface area contributed by atoms with Crippen molar-refractivity contribution >= 4 is 5.97 Å². The molecule has 1 saturated heterocycles. The van der Waals surface area contributed by atoms with Gasteiger partial charge in [-0.1, -0.05) is 30.3 Å². The topological polar surface area (TPSA) is 38.3 Å². The summed E-state index contributed by atoms with van der Waals surface area (Å²) in [5, 5.41) is 3.25. The number of benzene rings is 1. The Balaban J connectivity index is 1.80. The van der Waals surface area contributed by atoms with Crippen LogP contribution in [0.25, 0.3) is 0 Å². The zero-order chi connectivity index (χ0) is 11.4. The summed E-state index contributed by atoms with van der Waals surface area (Å²) in [5.74, 6) is -0.0561. The second-order valence-electron chi connectivity index (χ2n) is 4.34. The van der Waals surface area contributed by atoms with Gasteiger partial charge in [-0.25, -0.2) is 0 Å². The van der Waals surface area contributed by atoms with Crippen molar-refractivity contribution in [1.82, 2.24) is 5.32 Å². The van der Waals surface area contributed by atoms with Gasteiger partial charge in [-0.15, -0.1) is 0 Å². The number of hydrogen-bond donors (Lipinski definition) is 1. The summed E-state index contributed by atoms with van der Waals surface area (Å²) in [6, 6.07) is 10.2. The van der Waals surface area contributed by atoms with Crippen LogP contribution in [0.1, 0.15) is 18.9 Å². The first-order valence-electron chi connectivity index (χ1n) is 5.69. The fourth-order valence-corrected chi connectivity index (χ4v) is 1.96. The highest BCUT2D eigenvalue weighted by molar-refractivity contribution is 5.73. The molecule has 1 fully saturated rings. The lowest BCUT2D eigenvalue weighted by Crippen LogP contribution is -2.20. The third-order valence-electron chi connectivity index (χ3n) is 2.91. The largest absolute Gasteiger partial charge is 0.461 e. The van der Waals surface area contributed by atoms with Crippen molar-refractivity contribution in [2.45, 2.75) is 26.0 Å². The molecule has 0 saturated carbocycles. The number of esters is 1. The lowest BCUT2D eigenvalue weighted by atomic mass is 10.1. The van der Waals surface area contributed by atoms with E-state index in [9.17, 15) is 4.79 Å². The van der Waals surface area contributed by atoms with Crippen LogP contribution >= 0.6 is 0 Å². The zero-order valence-corrected chi connectivity index (χ0v) is 9.48. The number of carbonyl (C=O) groups excluding carboxylic acids is 1. The maximum Gasteiger partial charge on any atom is 0.310 e. The summed E-state index contributed by atoms with van der Waals surface area (Å²) in [4.78, 5) is 11.7. The number of nitrogens with one attached hydrogen (secondary N) is 1. The normalized spacial score (nSPS) is 24.3. The lowest BCUT2D eigenvalue weighted by Gasteiger charge is -2.09. The average molecular weight is 219 g/mol. The van der Waals surface area contributed by atoms with Gasteiger partial charge < -0.3 is 10.1 Å². The lowest BCUT2D eigenvalue weighted by molar-refractivity contribution is -0.149. The fraction of sp³-hybridized carbons (Fsp3) is 0.462. The predicted molar refractivity (Wildman–Crippen MR) is 61.8 cm³/mol. The van der Waals surface area contributed by atoms with Gasteiger partial charge in [0.05, 0.1) is 5.92 Å². The van der Waals surface area contributed by atoms with Gasteiger partial charge in [0.25, 0.3) is 0 Å². The van der Waals surface area contributed by atoms with E-state index in [2.05, 4.69) is 12.2 Å². The fourth-order valence-electron chi connectivity index (χ4n) is 1.96. The molecule has 0 amide bonds. The Labute approximate surface area is 95.8 Å². The number of hydrogen-bond acceptors (Lipinski definition) is 3. The first-order chi connectivity index (χ1) is 7.75. The third-order valence-corrected chi connectivity index (χ3v) is 2.91. The van der Waals surface area contributed by atoms with E-state index in [0.29, 0.717) is 12.6 Å².